The lowest BCUT2D eigenvalue weighted by Gasteiger charge is -2.07. The molecule has 0 fully saturated rings. The smallest absolute Gasteiger partial charge is 0.354 e. The number of sulfonamides is 1. The fourth-order valence-corrected chi connectivity index (χ4v) is 3.12. The van der Waals surface area contributed by atoms with Crippen molar-refractivity contribution in [1.29, 1.82) is 0 Å². The van der Waals surface area contributed by atoms with Crippen molar-refractivity contribution in [3.05, 3.63) is 47.8 Å². The number of carbonyl (C=O) groups is 2. The number of ether oxygens (including phenoxy) is 1. The van der Waals surface area contributed by atoms with Crippen molar-refractivity contribution in [2.24, 2.45) is 7.05 Å². The molecule has 0 aliphatic rings. The van der Waals surface area contributed by atoms with Gasteiger partial charge in [0.25, 0.3) is 10.0 Å². The Morgan fingerprint density at radius 2 is 1.91 bits per heavy atom. The molecule has 0 amide bonds. The Labute approximate surface area is 133 Å². The van der Waals surface area contributed by atoms with Gasteiger partial charge in [-0.2, -0.15) is 0 Å². The van der Waals surface area contributed by atoms with Gasteiger partial charge in [-0.15, -0.1) is 0 Å². The largest absolute Gasteiger partial charge is 0.464 e. The quantitative estimate of drug-likeness (QED) is 0.664. The molecule has 0 atom stereocenters. The second-order valence-electron chi connectivity index (χ2n) is 4.91. The summed E-state index contributed by atoms with van der Waals surface area (Å²) in [5.74, 6) is -0.800. The van der Waals surface area contributed by atoms with Crippen LogP contribution in [-0.4, -0.2) is 31.8 Å². The molecule has 0 spiro atoms. The zero-order valence-electron chi connectivity index (χ0n) is 12.9. The molecule has 122 valence electrons. The van der Waals surface area contributed by atoms with E-state index in [4.69, 9.17) is 0 Å². The number of esters is 1. The van der Waals surface area contributed by atoms with E-state index >= 15 is 0 Å². The van der Waals surface area contributed by atoms with Gasteiger partial charge in [-0.25, -0.2) is 13.2 Å². The van der Waals surface area contributed by atoms with Gasteiger partial charge in [0.2, 0.25) is 0 Å². The second kappa shape index (κ2) is 6.25. The number of ketones is 1. The monoisotopic (exact) mass is 336 g/mol. The van der Waals surface area contributed by atoms with Gasteiger partial charge < -0.3 is 9.30 Å². The summed E-state index contributed by atoms with van der Waals surface area (Å²) >= 11 is 0. The molecule has 0 saturated carbocycles. The average Bonchev–Trinajstić information content (AvgIpc) is 2.89. The SMILES string of the molecule is COC(=O)c1cc(S(=O)(=O)Nc2cccc(C(C)=O)c2)cn1C. The average molecular weight is 336 g/mol. The molecule has 23 heavy (non-hydrogen) atoms. The first-order valence-corrected chi connectivity index (χ1v) is 8.11. The Morgan fingerprint density at radius 3 is 2.52 bits per heavy atom. The van der Waals surface area contributed by atoms with Gasteiger partial charge in [-0.3, -0.25) is 9.52 Å². The lowest BCUT2D eigenvalue weighted by Crippen LogP contribution is -2.12. The number of nitrogens with one attached hydrogen (secondary N) is 1. The molecule has 0 radical (unpaired) electrons. The molecule has 1 aromatic heterocycles. The lowest BCUT2D eigenvalue weighted by molar-refractivity contribution is 0.0589. The summed E-state index contributed by atoms with van der Waals surface area (Å²) in [7, 11) is -1.13. The van der Waals surface area contributed by atoms with Crippen molar-refractivity contribution in [2.75, 3.05) is 11.8 Å². The number of Topliss-reactive ketones (excluding diaryl/α,β-unsaturated/α-hetero) is 1. The molecular formula is C15H16N2O5S. The van der Waals surface area contributed by atoms with E-state index in [1.165, 1.54) is 43.0 Å². The first-order valence-electron chi connectivity index (χ1n) is 6.63. The van der Waals surface area contributed by atoms with Crippen LogP contribution in [0.15, 0.2) is 41.4 Å². The molecule has 0 saturated heterocycles. The standard InChI is InChI=1S/C15H16N2O5S/c1-10(18)11-5-4-6-12(7-11)16-23(20,21)13-8-14(15(19)22-3)17(2)9-13/h4-9,16H,1-3H3. The number of anilines is 1. The molecule has 0 bridgehead atoms. The van der Waals surface area contributed by atoms with Crippen LogP contribution < -0.4 is 4.72 Å². The Balaban J connectivity index is 2.34. The van der Waals surface area contributed by atoms with Crippen molar-refractivity contribution in [1.82, 2.24) is 4.57 Å². The first kappa shape index (κ1) is 16.8. The molecule has 7 nitrogen and oxygen atoms in total. The van der Waals surface area contributed by atoms with E-state index in [0.717, 1.165) is 0 Å². The number of hydrogen-bond acceptors (Lipinski definition) is 5. The van der Waals surface area contributed by atoms with E-state index in [0.29, 0.717) is 5.56 Å². The van der Waals surface area contributed by atoms with Crippen molar-refractivity contribution in [3.63, 3.8) is 0 Å². The van der Waals surface area contributed by atoms with Gasteiger partial charge in [0.05, 0.1) is 7.11 Å². The molecule has 2 rings (SSSR count). The number of carbonyl (C=O) groups excluding carboxylic acids is 2. The molecule has 1 N–H and O–H groups in total. The van der Waals surface area contributed by atoms with Gasteiger partial charge in [0, 0.05) is 24.5 Å². The molecule has 2 aromatic rings. The molecule has 0 aliphatic heterocycles. The highest BCUT2D eigenvalue weighted by Gasteiger charge is 2.21. The van der Waals surface area contributed by atoms with E-state index in [2.05, 4.69) is 9.46 Å². The Kier molecular flexibility index (Phi) is 4.55. The summed E-state index contributed by atoms with van der Waals surface area (Å²) < 4.78 is 33.1. The van der Waals surface area contributed by atoms with E-state index in [1.807, 2.05) is 0 Å². The number of aryl methyl sites for hydroxylation is 1. The van der Waals surface area contributed by atoms with Crippen LogP contribution in [0.25, 0.3) is 0 Å². The van der Waals surface area contributed by atoms with E-state index < -0.39 is 16.0 Å². The highest BCUT2D eigenvalue weighted by molar-refractivity contribution is 7.92. The summed E-state index contributed by atoms with van der Waals surface area (Å²) in [4.78, 5) is 22.8. The maximum Gasteiger partial charge on any atom is 0.354 e. The topological polar surface area (TPSA) is 94.5 Å². The lowest BCUT2D eigenvalue weighted by atomic mass is 10.1. The van der Waals surface area contributed by atoms with E-state index in [1.54, 1.807) is 19.2 Å². The van der Waals surface area contributed by atoms with Crippen LogP contribution in [-0.2, 0) is 21.8 Å². The molecule has 8 heteroatoms. The summed E-state index contributed by atoms with van der Waals surface area (Å²) in [6, 6.07) is 7.39. The number of hydrogen-bond donors (Lipinski definition) is 1. The normalized spacial score (nSPS) is 11.1. The van der Waals surface area contributed by atoms with Crippen molar-refractivity contribution >= 4 is 27.5 Å². The predicted octanol–water partition coefficient (Wildman–Crippen LogP) is 1.82. The molecule has 1 aromatic carbocycles. The van der Waals surface area contributed by atoms with Crippen LogP contribution in [0.4, 0.5) is 5.69 Å². The third-order valence-corrected chi connectivity index (χ3v) is 4.55. The minimum Gasteiger partial charge on any atom is -0.464 e. The number of methoxy groups -OCH3 is 1. The number of aromatic nitrogens is 1. The Bertz CT molecular complexity index is 868. The number of rotatable bonds is 5. The summed E-state index contributed by atoms with van der Waals surface area (Å²) in [5.41, 5.74) is 0.778. The maximum atomic E-state index is 12.4. The fourth-order valence-electron chi connectivity index (χ4n) is 2.00. The van der Waals surface area contributed by atoms with Crippen molar-refractivity contribution in [2.45, 2.75) is 11.8 Å². The molecule has 1 heterocycles. The van der Waals surface area contributed by atoms with Crippen LogP contribution in [0.1, 0.15) is 27.8 Å². The molecule has 0 unspecified atom stereocenters. The molecule has 0 aliphatic carbocycles. The Hall–Kier alpha value is -2.61. The van der Waals surface area contributed by atoms with Crippen LogP contribution >= 0.6 is 0 Å². The van der Waals surface area contributed by atoms with E-state index in [-0.39, 0.29) is 22.1 Å². The third-order valence-electron chi connectivity index (χ3n) is 3.21. The number of benzene rings is 1. The minimum atomic E-state index is -3.89. The van der Waals surface area contributed by atoms with Crippen molar-refractivity contribution in [3.8, 4) is 0 Å². The van der Waals surface area contributed by atoms with Crippen LogP contribution in [0.3, 0.4) is 0 Å². The Morgan fingerprint density at radius 1 is 1.22 bits per heavy atom. The molecular weight excluding hydrogens is 320 g/mol. The summed E-state index contributed by atoms with van der Waals surface area (Å²) in [6.07, 6.45) is 1.31. The van der Waals surface area contributed by atoms with Crippen LogP contribution in [0, 0.1) is 0 Å². The maximum absolute atomic E-state index is 12.4. The van der Waals surface area contributed by atoms with Crippen LogP contribution in [0.5, 0.6) is 0 Å². The van der Waals surface area contributed by atoms with Gasteiger partial charge in [0.1, 0.15) is 10.6 Å². The summed E-state index contributed by atoms with van der Waals surface area (Å²) in [6.45, 7) is 1.40. The van der Waals surface area contributed by atoms with Crippen molar-refractivity contribution < 1.29 is 22.7 Å². The second-order valence-corrected chi connectivity index (χ2v) is 6.59. The first-order chi connectivity index (χ1) is 10.7. The zero-order valence-corrected chi connectivity index (χ0v) is 13.7. The summed E-state index contributed by atoms with van der Waals surface area (Å²) in [5, 5.41) is 0. The van der Waals surface area contributed by atoms with Gasteiger partial charge in [0.15, 0.2) is 5.78 Å². The predicted molar refractivity (Wildman–Crippen MR) is 84.0 cm³/mol. The minimum absolute atomic E-state index is 0.0753. The highest BCUT2D eigenvalue weighted by atomic mass is 32.2. The van der Waals surface area contributed by atoms with Crippen LogP contribution in [0.2, 0.25) is 0 Å². The zero-order chi connectivity index (χ0) is 17.2. The highest BCUT2D eigenvalue weighted by Crippen LogP contribution is 2.19. The van der Waals surface area contributed by atoms with E-state index in [9.17, 15) is 18.0 Å². The van der Waals surface area contributed by atoms with Gasteiger partial charge >= 0.3 is 5.97 Å². The number of nitrogens with zero attached hydrogens (tertiary/aromatic N) is 1. The van der Waals surface area contributed by atoms with Gasteiger partial charge in [-0.05, 0) is 25.1 Å². The van der Waals surface area contributed by atoms with Gasteiger partial charge in [-0.1, -0.05) is 12.1 Å². The fraction of sp³-hybridized carbons (Fsp3) is 0.200. The third kappa shape index (κ3) is 3.59.